The first-order valence-electron chi connectivity index (χ1n) is 11.1. The van der Waals surface area contributed by atoms with Gasteiger partial charge in [0, 0.05) is 69.2 Å². The predicted molar refractivity (Wildman–Crippen MR) is 137 cm³/mol. The van der Waals surface area contributed by atoms with E-state index in [-0.39, 0.29) is 75.2 Å². The molecule has 0 saturated carbocycles. The molecule has 0 aliphatic carbocycles. The molecule has 0 aliphatic heterocycles. The minimum absolute atomic E-state index is 0. The number of nitrogens with zero attached hydrogens (tertiary/aromatic N) is 1. The van der Waals surface area contributed by atoms with Crippen molar-refractivity contribution in [1.82, 2.24) is 9.71 Å². The summed E-state index contributed by atoms with van der Waals surface area (Å²) in [7, 11) is -2.98. The third kappa shape index (κ3) is 7.66. The Labute approximate surface area is 258 Å². The van der Waals surface area contributed by atoms with Crippen LogP contribution in [0, 0.1) is 11.6 Å². The number of sulfonamides is 1. The zero-order chi connectivity index (χ0) is 26.8. The Hall–Kier alpha value is -1.73. The van der Waals surface area contributed by atoms with Crippen LogP contribution in [0.2, 0.25) is 0 Å². The van der Waals surface area contributed by atoms with Crippen LogP contribution in [-0.2, 0) is 26.8 Å². The van der Waals surface area contributed by atoms with Crippen molar-refractivity contribution in [3.05, 3.63) is 77.0 Å². The van der Waals surface area contributed by atoms with Gasteiger partial charge in [-0.25, -0.2) is 26.9 Å². The normalized spacial score (nSPS) is 11.7. The second-order valence-corrected chi connectivity index (χ2v) is 10.9. The van der Waals surface area contributed by atoms with Crippen molar-refractivity contribution in [3.63, 3.8) is 0 Å². The van der Waals surface area contributed by atoms with Crippen LogP contribution in [0.15, 0.2) is 53.6 Å². The fourth-order valence-corrected chi connectivity index (χ4v) is 4.88. The number of carbonyl (C=O) groups is 1. The fourth-order valence-electron chi connectivity index (χ4n) is 3.88. The van der Waals surface area contributed by atoms with Gasteiger partial charge in [0.1, 0.15) is 11.6 Å². The predicted octanol–water partition coefficient (Wildman–Crippen LogP) is 4.05. The second-order valence-electron chi connectivity index (χ2n) is 9.17. The number of aromatic nitrogens is 1. The number of aliphatic hydroxyl groups is 1. The first-order chi connectivity index (χ1) is 16.7. The Morgan fingerprint density at radius 2 is 1.81 bits per heavy atom. The number of halogens is 2. The van der Waals surface area contributed by atoms with Crippen molar-refractivity contribution in [2.45, 2.75) is 50.5 Å². The Balaban J connectivity index is 0.00000481. The zero-order valence-corrected chi connectivity index (χ0v) is 25.5. The van der Waals surface area contributed by atoms with Crippen molar-refractivity contribution in [2.24, 2.45) is 0 Å². The van der Waals surface area contributed by atoms with Gasteiger partial charge in [0.15, 0.2) is 0 Å². The molecule has 1 heterocycles. The molecule has 0 atom stereocenters. The number of hydrogen-bond donors (Lipinski definition) is 2. The van der Waals surface area contributed by atoms with Crippen molar-refractivity contribution >= 4 is 67.3 Å². The molecule has 193 valence electrons. The van der Waals surface area contributed by atoms with Crippen molar-refractivity contribution in [3.8, 4) is 17.0 Å². The molecule has 1 amide bonds. The molecule has 0 saturated heterocycles. The van der Waals surface area contributed by atoms with E-state index in [4.69, 9.17) is 4.74 Å². The minimum atomic E-state index is -4.42. The van der Waals surface area contributed by atoms with Gasteiger partial charge in [-0.2, -0.15) is 0 Å². The Kier molecular flexibility index (Phi) is 10.6. The smallest absolute Gasteiger partial charge is 0.264 e. The summed E-state index contributed by atoms with van der Waals surface area (Å²) in [5.74, 6) is -2.20. The Morgan fingerprint density at radius 3 is 2.38 bits per heavy atom. The topological polar surface area (TPSA) is 106 Å². The van der Waals surface area contributed by atoms with Crippen LogP contribution in [0.4, 0.5) is 8.78 Å². The second kappa shape index (κ2) is 12.4. The third-order valence-electron chi connectivity index (χ3n) is 5.62. The number of carbonyl (C=O) groups excluding carboxylic acids is 1. The number of pyridine rings is 1. The van der Waals surface area contributed by atoms with Crippen molar-refractivity contribution in [2.75, 3.05) is 7.11 Å². The summed E-state index contributed by atoms with van der Waals surface area (Å²) >= 11 is 0. The van der Waals surface area contributed by atoms with Gasteiger partial charge in [-0.3, -0.25) is 4.79 Å². The van der Waals surface area contributed by atoms with E-state index in [1.54, 1.807) is 12.1 Å². The van der Waals surface area contributed by atoms with Gasteiger partial charge in [0.25, 0.3) is 10.0 Å². The maximum atomic E-state index is 14.5. The first-order valence-corrected chi connectivity index (χ1v) is 12.6. The van der Waals surface area contributed by atoms with Gasteiger partial charge in [-0.15, -0.1) is 0 Å². The summed E-state index contributed by atoms with van der Waals surface area (Å²) in [5.41, 5.74) is 0.311. The molecule has 0 aliphatic rings. The number of rotatable bonds is 8. The Bertz CT molecular complexity index is 1410. The molecular formula is C26H28F2KN2O5S. The van der Waals surface area contributed by atoms with Crippen LogP contribution in [-0.4, -0.2) is 82.9 Å². The molecule has 11 heteroatoms. The van der Waals surface area contributed by atoms with Crippen LogP contribution in [0.3, 0.4) is 0 Å². The van der Waals surface area contributed by atoms with E-state index in [0.717, 1.165) is 18.2 Å². The number of hydrogen-bond acceptors (Lipinski definition) is 6. The molecule has 1 radical (unpaired) electrons. The molecule has 0 bridgehead atoms. The van der Waals surface area contributed by atoms with Crippen LogP contribution >= 0.6 is 0 Å². The van der Waals surface area contributed by atoms with Gasteiger partial charge in [0.2, 0.25) is 11.8 Å². The number of nitrogens with one attached hydrogen (secondary N) is 1. The largest absolute Gasteiger partial charge is 0.481 e. The molecule has 1 aromatic heterocycles. The molecule has 0 unspecified atom stereocenters. The average Bonchev–Trinajstić information content (AvgIpc) is 2.78. The van der Waals surface area contributed by atoms with E-state index in [1.165, 1.54) is 39.3 Å². The van der Waals surface area contributed by atoms with Crippen molar-refractivity contribution < 1.29 is 31.8 Å². The van der Waals surface area contributed by atoms with Gasteiger partial charge in [-0.1, -0.05) is 19.9 Å². The molecule has 37 heavy (non-hydrogen) atoms. The van der Waals surface area contributed by atoms with E-state index in [9.17, 15) is 27.1 Å². The fraction of sp³-hybridized carbons (Fsp3) is 0.308. The molecular weight excluding hydrogens is 529 g/mol. The summed E-state index contributed by atoms with van der Waals surface area (Å²) in [5, 5.41) is 10.0. The van der Waals surface area contributed by atoms with E-state index in [1.807, 2.05) is 18.6 Å². The van der Waals surface area contributed by atoms with Gasteiger partial charge < -0.3 is 9.84 Å². The van der Waals surface area contributed by atoms with Gasteiger partial charge in [0.05, 0.1) is 24.0 Å². The monoisotopic (exact) mass is 557 g/mol. The average molecular weight is 558 g/mol. The summed E-state index contributed by atoms with van der Waals surface area (Å²) in [6, 6.07) is 8.81. The Morgan fingerprint density at radius 1 is 1.14 bits per heavy atom. The summed E-state index contributed by atoms with van der Waals surface area (Å²) < 4.78 is 61.7. The minimum Gasteiger partial charge on any atom is -0.481 e. The van der Waals surface area contributed by atoms with Crippen LogP contribution in [0.25, 0.3) is 11.1 Å². The van der Waals surface area contributed by atoms with E-state index in [2.05, 4.69) is 4.98 Å². The standard InChI is InChI=1S/C26H28F2N2O5S.K/c1-15(2)19-11-17(27)12-20(16-8-9-29-25(10-16)35-5)21(19)14-24(31)30-36(33,34)18-6-7-22(23(28)13-18)26(3,4)32;/h6-13,15,32H,14H2,1-5H3,(H,30,31);. The maximum absolute atomic E-state index is 14.5. The van der Waals surface area contributed by atoms with Crippen LogP contribution in [0.5, 0.6) is 5.88 Å². The SMILES string of the molecule is COc1cc(-c2cc(F)cc(C(C)C)c2CC(=O)NS(=O)(=O)c2ccc(C(C)(C)O)c(F)c2)ccn1.[K]. The summed E-state index contributed by atoms with van der Waals surface area (Å²) in [6.07, 6.45) is 1.10. The van der Waals surface area contributed by atoms with Gasteiger partial charge in [-0.05, 0) is 72.4 Å². The third-order valence-corrected chi connectivity index (χ3v) is 6.99. The van der Waals surface area contributed by atoms with Crippen LogP contribution in [0.1, 0.15) is 50.3 Å². The molecule has 3 aromatic rings. The quantitative estimate of drug-likeness (QED) is 0.405. The number of ether oxygens (including phenoxy) is 1. The summed E-state index contributed by atoms with van der Waals surface area (Å²) in [4.78, 5) is 16.5. The molecule has 7 nitrogen and oxygen atoms in total. The van der Waals surface area contributed by atoms with E-state index in [0.29, 0.717) is 22.3 Å². The van der Waals surface area contributed by atoms with E-state index >= 15 is 0 Å². The van der Waals surface area contributed by atoms with E-state index < -0.39 is 38.1 Å². The molecule has 0 fully saturated rings. The zero-order valence-electron chi connectivity index (χ0n) is 21.6. The maximum Gasteiger partial charge on any atom is 0.264 e. The molecule has 3 rings (SSSR count). The molecule has 0 spiro atoms. The van der Waals surface area contributed by atoms with Gasteiger partial charge >= 0.3 is 0 Å². The summed E-state index contributed by atoms with van der Waals surface area (Å²) in [6.45, 7) is 6.40. The number of amides is 1. The molecule has 2 aromatic carbocycles. The van der Waals surface area contributed by atoms with Crippen LogP contribution < -0.4 is 9.46 Å². The first kappa shape index (κ1) is 31.5. The molecule has 2 N–H and O–H groups in total. The van der Waals surface area contributed by atoms with Crippen molar-refractivity contribution in [1.29, 1.82) is 0 Å². The number of benzene rings is 2. The number of methoxy groups -OCH3 is 1.